The highest BCUT2D eigenvalue weighted by Crippen LogP contribution is 2.41. The predicted molar refractivity (Wildman–Crippen MR) is 113 cm³/mol. The van der Waals surface area contributed by atoms with Crippen molar-refractivity contribution < 1.29 is 9.47 Å². The van der Waals surface area contributed by atoms with Gasteiger partial charge in [0.15, 0.2) is 0 Å². The third kappa shape index (κ3) is 4.81. The van der Waals surface area contributed by atoms with Crippen LogP contribution in [0.4, 0.5) is 0 Å². The van der Waals surface area contributed by atoms with Gasteiger partial charge >= 0.3 is 0 Å². The molecule has 0 N–H and O–H groups in total. The normalized spacial score (nSPS) is 11.8. The molecule has 0 bridgehead atoms. The fourth-order valence-electron chi connectivity index (χ4n) is 3.57. The van der Waals surface area contributed by atoms with E-state index in [0.717, 1.165) is 28.7 Å². The van der Waals surface area contributed by atoms with Gasteiger partial charge in [-0.25, -0.2) is 0 Å². The highest BCUT2D eigenvalue weighted by molar-refractivity contribution is 5.96. The van der Waals surface area contributed by atoms with E-state index in [1.165, 1.54) is 48.8 Å². The first-order valence-electron chi connectivity index (χ1n) is 10.0. The molecule has 2 aromatic carbocycles. The lowest BCUT2D eigenvalue weighted by Gasteiger charge is -2.19. The number of methoxy groups -OCH3 is 1. The topological polar surface area (TPSA) is 18.5 Å². The molecule has 0 heterocycles. The second-order valence-corrected chi connectivity index (χ2v) is 7.01. The maximum Gasteiger partial charge on any atom is 0.130 e. The Morgan fingerprint density at radius 3 is 2.31 bits per heavy atom. The van der Waals surface area contributed by atoms with Gasteiger partial charge in [-0.15, -0.1) is 0 Å². The number of ether oxygens (including phenoxy) is 2. The van der Waals surface area contributed by atoms with Crippen LogP contribution in [-0.4, -0.2) is 13.7 Å². The molecule has 0 aromatic heterocycles. The van der Waals surface area contributed by atoms with Crippen LogP contribution in [0.3, 0.4) is 0 Å². The Morgan fingerprint density at radius 1 is 1.00 bits per heavy atom. The highest BCUT2D eigenvalue weighted by Gasteiger charge is 2.17. The first-order chi connectivity index (χ1) is 12.6. The zero-order valence-corrected chi connectivity index (χ0v) is 17.2. The van der Waals surface area contributed by atoms with E-state index in [-0.39, 0.29) is 0 Å². The van der Waals surface area contributed by atoms with E-state index in [2.05, 4.69) is 51.1 Å². The summed E-state index contributed by atoms with van der Waals surface area (Å²) in [5.74, 6) is 1.98. The fourth-order valence-corrected chi connectivity index (χ4v) is 3.57. The standard InChI is InChI=1S/C24H34O2/c1-6-8-9-10-13-18(3)16-17-20-19(4)23(26-7-2)21-14-11-12-15-22(21)24(20)25-5/h11-12,14-16H,6-10,13,17H2,1-5H3/b18-16+. The zero-order chi connectivity index (χ0) is 18.9. The summed E-state index contributed by atoms with van der Waals surface area (Å²) in [4.78, 5) is 0. The van der Waals surface area contributed by atoms with Gasteiger partial charge in [0.05, 0.1) is 13.7 Å². The van der Waals surface area contributed by atoms with Gasteiger partial charge in [0.25, 0.3) is 0 Å². The second-order valence-electron chi connectivity index (χ2n) is 7.01. The molecule has 0 saturated heterocycles. The molecule has 0 fully saturated rings. The average Bonchev–Trinajstić information content (AvgIpc) is 2.66. The van der Waals surface area contributed by atoms with Gasteiger partial charge in [0.1, 0.15) is 11.5 Å². The lowest BCUT2D eigenvalue weighted by Crippen LogP contribution is -2.02. The number of unbranched alkanes of at least 4 members (excludes halogenated alkanes) is 3. The fraction of sp³-hybridized carbons (Fsp3) is 0.500. The Morgan fingerprint density at radius 2 is 1.69 bits per heavy atom. The second kappa shape index (κ2) is 10.3. The minimum Gasteiger partial charge on any atom is -0.496 e. The molecule has 2 heteroatoms. The van der Waals surface area contributed by atoms with Crippen LogP contribution in [0.2, 0.25) is 0 Å². The van der Waals surface area contributed by atoms with Crippen molar-refractivity contribution in [1.82, 2.24) is 0 Å². The average molecular weight is 355 g/mol. The monoisotopic (exact) mass is 354 g/mol. The molecule has 0 saturated carbocycles. The number of allylic oxidation sites excluding steroid dienone is 2. The maximum absolute atomic E-state index is 6.01. The van der Waals surface area contributed by atoms with Crippen molar-refractivity contribution in [2.24, 2.45) is 0 Å². The Balaban J connectivity index is 2.35. The number of fused-ring (bicyclic) bond motifs is 1. The molecule has 0 amide bonds. The Bertz CT molecular complexity index is 743. The lowest BCUT2D eigenvalue weighted by molar-refractivity contribution is 0.340. The molecule has 142 valence electrons. The van der Waals surface area contributed by atoms with Crippen LogP contribution in [0.1, 0.15) is 64.0 Å². The minimum atomic E-state index is 0.670. The van der Waals surface area contributed by atoms with Crippen LogP contribution in [0, 0.1) is 6.92 Å². The summed E-state index contributed by atoms with van der Waals surface area (Å²) in [5.41, 5.74) is 3.90. The molecular formula is C24H34O2. The van der Waals surface area contributed by atoms with Crippen molar-refractivity contribution in [3.8, 4) is 11.5 Å². The van der Waals surface area contributed by atoms with Gasteiger partial charge in [0.2, 0.25) is 0 Å². The largest absolute Gasteiger partial charge is 0.496 e. The SMILES string of the molecule is CCCCCC/C(C)=C/Cc1c(C)c(OCC)c2ccccc2c1OC. The molecule has 0 aliphatic carbocycles. The smallest absolute Gasteiger partial charge is 0.130 e. The van der Waals surface area contributed by atoms with Crippen LogP contribution in [0.25, 0.3) is 10.8 Å². The molecular weight excluding hydrogens is 320 g/mol. The van der Waals surface area contributed by atoms with Crippen molar-refractivity contribution in [1.29, 1.82) is 0 Å². The summed E-state index contributed by atoms with van der Waals surface area (Å²) in [6, 6.07) is 8.37. The third-order valence-corrected chi connectivity index (χ3v) is 5.06. The van der Waals surface area contributed by atoms with Crippen molar-refractivity contribution in [3.05, 3.63) is 47.0 Å². The van der Waals surface area contributed by atoms with Crippen molar-refractivity contribution in [3.63, 3.8) is 0 Å². The summed E-state index contributed by atoms with van der Waals surface area (Å²) < 4.78 is 11.8. The summed E-state index contributed by atoms with van der Waals surface area (Å²) in [5, 5.41) is 2.26. The molecule has 0 aliphatic rings. The van der Waals surface area contributed by atoms with E-state index in [4.69, 9.17) is 9.47 Å². The Kier molecular flexibility index (Phi) is 8.03. The van der Waals surface area contributed by atoms with E-state index in [9.17, 15) is 0 Å². The Hall–Kier alpha value is -1.96. The Labute approximate surface area is 159 Å². The molecule has 0 aliphatic heterocycles. The molecule has 26 heavy (non-hydrogen) atoms. The molecule has 2 nitrogen and oxygen atoms in total. The molecule has 0 spiro atoms. The van der Waals surface area contributed by atoms with Gasteiger partial charge in [-0.2, -0.15) is 0 Å². The van der Waals surface area contributed by atoms with Crippen LogP contribution >= 0.6 is 0 Å². The summed E-state index contributed by atoms with van der Waals surface area (Å²) in [7, 11) is 1.77. The molecule has 0 unspecified atom stereocenters. The molecule has 2 rings (SSSR count). The predicted octanol–water partition coefficient (Wildman–Crippen LogP) is 7.01. The first-order valence-corrected chi connectivity index (χ1v) is 10.0. The van der Waals surface area contributed by atoms with Gasteiger partial charge in [-0.3, -0.25) is 0 Å². The number of hydrogen-bond donors (Lipinski definition) is 0. The van der Waals surface area contributed by atoms with Crippen molar-refractivity contribution in [2.45, 2.75) is 66.2 Å². The van der Waals surface area contributed by atoms with E-state index in [0.29, 0.717) is 6.61 Å². The van der Waals surface area contributed by atoms with Gasteiger partial charge in [-0.05, 0) is 45.6 Å². The quantitative estimate of drug-likeness (QED) is 0.337. The zero-order valence-electron chi connectivity index (χ0n) is 17.2. The van der Waals surface area contributed by atoms with Gasteiger partial charge in [-0.1, -0.05) is 62.1 Å². The van der Waals surface area contributed by atoms with E-state index in [1.807, 2.05) is 6.92 Å². The van der Waals surface area contributed by atoms with Gasteiger partial charge in [0, 0.05) is 16.3 Å². The molecule has 2 aromatic rings. The summed E-state index contributed by atoms with van der Waals surface area (Å²) >= 11 is 0. The van der Waals surface area contributed by atoms with Gasteiger partial charge < -0.3 is 9.47 Å². The van der Waals surface area contributed by atoms with E-state index in [1.54, 1.807) is 7.11 Å². The highest BCUT2D eigenvalue weighted by atomic mass is 16.5. The van der Waals surface area contributed by atoms with Crippen LogP contribution in [0.5, 0.6) is 11.5 Å². The summed E-state index contributed by atoms with van der Waals surface area (Å²) in [6.45, 7) is 9.37. The molecule has 0 atom stereocenters. The first kappa shape index (κ1) is 20.4. The van der Waals surface area contributed by atoms with Crippen LogP contribution < -0.4 is 9.47 Å². The van der Waals surface area contributed by atoms with Crippen molar-refractivity contribution in [2.75, 3.05) is 13.7 Å². The minimum absolute atomic E-state index is 0.670. The third-order valence-electron chi connectivity index (χ3n) is 5.06. The lowest BCUT2D eigenvalue weighted by atomic mass is 9.95. The van der Waals surface area contributed by atoms with E-state index < -0.39 is 0 Å². The van der Waals surface area contributed by atoms with Crippen LogP contribution in [-0.2, 0) is 6.42 Å². The van der Waals surface area contributed by atoms with Crippen LogP contribution in [0.15, 0.2) is 35.9 Å². The number of hydrogen-bond acceptors (Lipinski definition) is 2. The number of rotatable bonds is 10. The number of benzene rings is 2. The van der Waals surface area contributed by atoms with E-state index >= 15 is 0 Å². The van der Waals surface area contributed by atoms with Crippen molar-refractivity contribution >= 4 is 10.8 Å². The molecule has 0 radical (unpaired) electrons. The summed E-state index contributed by atoms with van der Waals surface area (Å²) in [6.07, 6.45) is 9.68. The maximum atomic E-state index is 6.01.